The molecule has 1 aromatic carbocycles. The molecule has 0 aliphatic carbocycles. The molecule has 18 heavy (non-hydrogen) atoms. The number of carbonyl (C=O) groups is 1. The van der Waals surface area contributed by atoms with E-state index in [0.717, 1.165) is 10.0 Å². The Morgan fingerprint density at radius 2 is 2.00 bits per heavy atom. The van der Waals surface area contributed by atoms with Crippen LogP contribution < -0.4 is 0 Å². The highest BCUT2D eigenvalue weighted by atomic mass is 79.9. The first kappa shape index (κ1) is 12.9. The molecule has 2 aromatic rings. The van der Waals surface area contributed by atoms with Crippen LogP contribution in [0.1, 0.15) is 11.3 Å². The average Bonchev–Trinajstić information content (AvgIpc) is 2.83. The molecular formula is C14H13BrO3. The molecule has 0 radical (unpaired) electrons. The molecule has 0 amide bonds. The predicted octanol–water partition coefficient (Wildman–Crippen LogP) is 3.53. The molecule has 0 aliphatic heterocycles. The quantitative estimate of drug-likeness (QED) is 0.919. The topological polar surface area (TPSA) is 50.4 Å². The lowest BCUT2D eigenvalue weighted by molar-refractivity contribution is -0.141. The molecule has 0 spiro atoms. The highest BCUT2D eigenvalue weighted by Gasteiger charge is 2.20. The summed E-state index contributed by atoms with van der Waals surface area (Å²) in [5.41, 5.74) is 0.997. The fourth-order valence-corrected chi connectivity index (χ4v) is 2.29. The van der Waals surface area contributed by atoms with Gasteiger partial charge in [-0.3, -0.25) is 4.79 Å². The predicted molar refractivity (Wildman–Crippen MR) is 71.4 cm³/mol. The van der Waals surface area contributed by atoms with Crippen LogP contribution in [-0.2, 0) is 17.6 Å². The van der Waals surface area contributed by atoms with Gasteiger partial charge in [0.1, 0.15) is 5.76 Å². The average molecular weight is 309 g/mol. The molecule has 94 valence electrons. The van der Waals surface area contributed by atoms with Crippen molar-refractivity contribution in [3.63, 3.8) is 0 Å². The lowest BCUT2D eigenvalue weighted by Crippen LogP contribution is -2.19. The molecule has 1 atom stereocenters. The molecule has 1 aromatic heterocycles. The summed E-state index contributed by atoms with van der Waals surface area (Å²) in [6, 6.07) is 11.2. The van der Waals surface area contributed by atoms with Gasteiger partial charge >= 0.3 is 5.97 Å². The summed E-state index contributed by atoms with van der Waals surface area (Å²) in [5, 5.41) is 9.27. The fraction of sp³-hybridized carbons (Fsp3) is 0.214. The van der Waals surface area contributed by atoms with E-state index in [0.29, 0.717) is 18.6 Å². The van der Waals surface area contributed by atoms with Crippen molar-refractivity contribution >= 4 is 21.9 Å². The van der Waals surface area contributed by atoms with Gasteiger partial charge in [-0.25, -0.2) is 0 Å². The number of rotatable bonds is 5. The Kier molecular flexibility index (Phi) is 4.20. The van der Waals surface area contributed by atoms with Gasteiger partial charge in [-0.1, -0.05) is 34.1 Å². The maximum absolute atomic E-state index is 11.3. The number of aliphatic carboxylic acids is 1. The first-order chi connectivity index (χ1) is 8.66. The van der Waals surface area contributed by atoms with Crippen molar-refractivity contribution in [3.8, 4) is 0 Å². The van der Waals surface area contributed by atoms with Crippen molar-refractivity contribution in [3.05, 3.63) is 58.5 Å². The number of hydrogen-bond acceptors (Lipinski definition) is 2. The van der Waals surface area contributed by atoms with Crippen LogP contribution in [0.4, 0.5) is 0 Å². The lowest BCUT2D eigenvalue weighted by atomic mass is 9.95. The third kappa shape index (κ3) is 3.23. The Hall–Kier alpha value is -1.55. The lowest BCUT2D eigenvalue weighted by Gasteiger charge is -2.12. The number of benzene rings is 1. The van der Waals surface area contributed by atoms with Crippen LogP contribution in [-0.4, -0.2) is 11.1 Å². The normalized spacial score (nSPS) is 12.3. The second-order valence-electron chi connectivity index (χ2n) is 4.11. The largest absolute Gasteiger partial charge is 0.481 e. The molecule has 1 N–H and O–H groups in total. The number of carboxylic acids is 1. The van der Waals surface area contributed by atoms with Gasteiger partial charge in [0, 0.05) is 10.9 Å². The SMILES string of the molecule is O=C(O)C(Cc1ccco1)Cc1ccccc1Br. The van der Waals surface area contributed by atoms with Gasteiger partial charge in [0.15, 0.2) is 0 Å². The zero-order valence-corrected chi connectivity index (χ0v) is 11.3. The molecule has 0 saturated carbocycles. The van der Waals surface area contributed by atoms with Gasteiger partial charge in [0.2, 0.25) is 0 Å². The Morgan fingerprint density at radius 3 is 2.61 bits per heavy atom. The summed E-state index contributed by atoms with van der Waals surface area (Å²) in [5.74, 6) is -0.577. The van der Waals surface area contributed by atoms with E-state index < -0.39 is 11.9 Å². The van der Waals surface area contributed by atoms with Crippen molar-refractivity contribution in [2.75, 3.05) is 0 Å². The molecule has 4 heteroatoms. The minimum absolute atomic E-state index is 0.406. The Bertz CT molecular complexity index is 520. The minimum atomic E-state index is -0.804. The minimum Gasteiger partial charge on any atom is -0.481 e. The Morgan fingerprint density at radius 1 is 1.22 bits per heavy atom. The monoisotopic (exact) mass is 308 g/mol. The maximum atomic E-state index is 11.3. The van der Waals surface area contributed by atoms with Crippen LogP contribution in [0.3, 0.4) is 0 Å². The van der Waals surface area contributed by atoms with Gasteiger partial charge in [-0.2, -0.15) is 0 Å². The van der Waals surface area contributed by atoms with E-state index in [1.807, 2.05) is 24.3 Å². The zero-order valence-electron chi connectivity index (χ0n) is 9.67. The third-order valence-corrected chi connectivity index (χ3v) is 3.57. The molecule has 0 saturated heterocycles. The van der Waals surface area contributed by atoms with Gasteiger partial charge < -0.3 is 9.52 Å². The van der Waals surface area contributed by atoms with E-state index in [1.54, 1.807) is 18.4 Å². The van der Waals surface area contributed by atoms with Gasteiger partial charge in [0.05, 0.1) is 12.2 Å². The van der Waals surface area contributed by atoms with Crippen molar-refractivity contribution in [1.82, 2.24) is 0 Å². The Balaban J connectivity index is 2.12. The molecule has 3 nitrogen and oxygen atoms in total. The van der Waals surface area contributed by atoms with Gasteiger partial charge in [-0.05, 0) is 30.2 Å². The van der Waals surface area contributed by atoms with E-state index in [1.165, 1.54) is 0 Å². The number of hydrogen-bond donors (Lipinski definition) is 1. The van der Waals surface area contributed by atoms with E-state index in [9.17, 15) is 9.90 Å². The zero-order chi connectivity index (χ0) is 13.0. The molecule has 1 unspecified atom stereocenters. The molecule has 2 rings (SSSR count). The van der Waals surface area contributed by atoms with Crippen molar-refractivity contribution < 1.29 is 14.3 Å². The smallest absolute Gasteiger partial charge is 0.307 e. The number of carboxylic acid groups (broad SMARTS) is 1. The molecule has 1 heterocycles. The molecule has 0 aliphatic rings. The van der Waals surface area contributed by atoms with Crippen molar-refractivity contribution in [2.45, 2.75) is 12.8 Å². The van der Waals surface area contributed by atoms with Crippen LogP contribution in [0.25, 0.3) is 0 Å². The third-order valence-electron chi connectivity index (χ3n) is 2.80. The number of halogens is 1. The highest BCUT2D eigenvalue weighted by molar-refractivity contribution is 9.10. The first-order valence-corrected chi connectivity index (χ1v) is 6.44. The van der Waals surface area contributed by atoms with Crippen molar-refractivity contribution in [1.29, 1.82) is 0 Å². The summed E-state index contributed by atoms with van der Waals surface area (Å²) < 4.78 is 6.15. The van der Waals surface area contributed by atoms with Crippen LogP contribution >= 0.6 is 15.9 Å². The van der Waals surface area contributed by atoms with Crippen LogP contribution in [0.2, 0.25) is 0 Å². The second-order valence-corrected chi connectivity index (χ2v) is 4.97. The number of furan rings is 1. The fourth-order valence-electron chi connectivity index (χ4n) is 1.85. The summed E-state index contributed by atoms with van der Waals surface area (Å²) in [7, 11) is 0. The Labute approximate surface area is 114 Å². The molecular weight excluding hydrogens is 296 g/mol. The standard InChI is InChI=1S/C14H13BrO3/c15-13-6-2-1-4-10(13)8-11(14(16)17)9-12-5-3-7-18-12/h1-7,11H,8-9H2,(H,16,17). The highest BCUT2D eigenvalue weighted by Crippen LogP contribution is 2.22. The van der Waals surface area contributed by atoms with Crippen LogP contribution in [0, 0.1) is 5.92 Å². The second kappa shape index (κ2) is 5.87. The van der Waals surface area contributed by atoms with E-state index in [-0.39, 0.29) is 0 Å². The molecule has 0 fully saturated rings. The van der Waals surface area contributed by atoms with Gasteiger partial charge in [0.25, 0.3) is 0 Å². The molecule has 0 bridgehead atoms. The van der Waals surface area contributed by atoms with Crippen LogP contribution in [0.15, 0.2) is 51.6 Å². The van der Waals surface area contributed by atoms with Crippen molar-refractivity contribution in [2.24, 2.45) is 5.92 Å². The summed E-state index contributed by atoms with van der Waals surface area (Å²) in [6.07, 6.45) is 2.45. The van der Waals surface area contributed by atoms with E-state index >= 15 is 0 Å². The van der Waals surface area contributed by atoms with Gasteiger partial charge in [-0.15, -0.1) is 0 Å². The van der Waals surface area contributed by atoms with E-state index in [4.69, 9.17) is 4.42 Å². The summed E-state index contributed by atoms with van der Waals surface area (Å²) in [6.45, 7) is 0. The first-order valence-electron chi connectivity index (χ1n) is 5.65. The van der Waals surface area contributed by atoms with E-state index in [2.05, 4.69) is 15.9 Å². The van der Waals surface area contributed by atoms with Crippen LogP contribution in [0.5, 0.6) is 0 Å². The summed E-state index contributed by atoms with van der Waals surface area (Å²) in [4.78, 5) is 11.3. The maximum Gasteiger partial charge on any atom is 0.307 e. The summed E-state index contributed by atoms with van der Waals surface area (Å²) >= 11 is 3.44.